The van der Waals surface area contributed by atoms with Gasteiger partial charge in [-0.1, -0.05) is 11.8 Å². The highest BCUT2D eigenvalue weighted by Gasteiger charge is 2.18. The number of nitrogens with one attached hydrogen (secondary N) is 1. The van der Waals surface area contributed by atoms with Crippen LogP contribution in [0.15, 0.2) is 4.99 Å². The quantitative estimate of drug-likeness (QED) is 0.679. The summed E-state index contributed by atoms with van der Waals surface area (Å²) in [6, 6.07) is 0.972. The van der Waals surface area contributed by atoms with Gasteiger partial charge in [-0.2, -0.15) is 0 Å². The average molecular weight is 272 g/mol. The first-order chi connectivity index (χ1) is 4.24. The highest BCUT2D eigenvalue weighted by molar-refractivity contribution is 14.0. The zero-order valence-corrected chi connectivity index (χ0v) is 9.57. The Kier molecular flexibility index (Phi) is 4.68. The summed E-state index contributed by atoms with van der Waals surface area (Å²) >= 11 is 1.68. The molecule has 0 bridgehead atoms. The summed E-state index contributed by atoms with van der Waals surface area (Å²) in [5, 5.41) is 4.34. The Hall–Kier alpha value is 0.550. The minimum absolute atomic E-state index is 0. The molecule has 1 aliphatic rings. The highest BCUT2D eigenvalue weighted by atomic mass is 127. The third-order valence-corrected chi connectivity index (χ3v) is 2.20. The standard InChI is InChI=1S/C6H12N2S.HI/c1-4-5(2)8-6(7-4)9-3;/h4-5H,1-3H3,(H,7,8);1H. The van der Waals surface area contributed by atoms with E-state index >= 15 is 0 Å². The molecule has 0 saturated carbocycles. The lowest BCUT2D eigenvalue weighted by molar-refractivity contribution is 0.602. The average Bonchev–Trinajstić information content (AvgIpc) is 2.13. The van der Waals surface area contributed by atoms with Gasteiger partial charge in [-0.05, 0) is 20.1 Å². The van der Waals surface area contributed by atoms with Crippen LogP contribution in [0, 0.1) is 0 Å². The number of hydrogen-bond acceptors (Lipinski definition) is 3. The fourth-order valence-corrected chi connectivity index (χ4v) is 1.34. The molecule has 60 valence electrons. The Balaban J connectivity index is 0.000000810. The summed E-state index contributed by atoms with van der Waals surface area (Å²) in [6.07, 6.45) is 2.04. The molecule has 0 fully saturated rings. The second kappa shape index (κ2) is 4.43. The Labute approximate surface area is 83.3 Å². The first-order valence-electron chi connectivity index (χ1n) is 3.12. The van der Waals surface area contributed by atoms with Crippen molar-refractivity contribution < 1.29 is 0 Å². The number of aliphatic imine (C=N–C) groups is 1. The van der Waals surface area contributed by atoms with Crippen LogP contribution < -0.4 is 5.32 Å². The highest BCUT2D eigenvalue weighted by Crippen LogP contribution is 2.10. The maximum atomic E-state index is 4.36. The Morgan fingerprint density at radius 3 is 2.30 bits per heavy atom. The maximum absolute atomic E-state index is 4.36. The SMILES string of the molecule is CSC1=NC(C)C(C)N1.I. The Bertz CT molecular complexity index is 138. The minimum Gasteiger partial charge on any atom is -0.360 e. The van der Waals surface area contributed by atoms with Gasteiger partial charge in [0.2, 0.25) is 0 Å². The molecule has 1 aliphatic heterocycles. The van der Waals surface area contributed by atoms with E-state index in [9.17, 15) is 0 Å². The van der Waals surface area contributed by atoms with Gasteiger partial charge in [0.05, 0.1) is 6.04 Å². The zero-order chi connectivity index (χ0) is 6.85. The maximum Gasteiger partial charge on any atom is 0.156 e. The molecule has 2 unspecified atom stereocenters. The lowest BCUT2D eigenvalue weighted by atomic mass is 10.2. The van der Waals surface area contributed by atoms with Gasteiger partial charge in [-0.25, -0.2) is 0 Å². The Morgan fingerprint density at radius 2 is 2.10 bits per heavy atom. The van der Waals surface area contributed by atoms with Crippen LogP contribution in [0.2, 0.25) is 0 Å². The molecular weight excluding hydrogens is 259 g/mol. The molecular formula is C6H13IN2S. The van der Waals surface area contributed by atoms with Crippen molar-refractivity contribution in [1.82, 2.24) is 5.32 Å². The number of thioether (sulfide) groups is 1. The minimum atomic E-state index is 0. The topological polar surface area (TPSA) is 24.4 Å². The summed E-state index contributed by atoms with van der Waals surface area (Å²) in [5.41, 5.74) is 0. The molecule has 0 aromatic carbocycles. The van der Waals surface area contributed by atoms with Crippen LogP contribution in [-0.4, -0.2) is 23.5 Å². The van der Waals surface area contributed by atoms with Crippen molar-refractivity contribution in [3.8, 4) is 0 Å². The summed E-state index contributed by atoms with van der Waals surface area (Å²) in [6.45, 7) is 4.28. The molecule has 0 saturated heterocycles. The van der Waals surface area contributed by atoms with Gasteiger partial charge in [0.25, 0.3) is 0 Å². The van der Waals surface area contributed by atoms with Crippen molar-refractivity contribution in [2.24, 2.45) is 4.99 Å². The second-order valence-corrected chi connectivity index (χ2v) is 3.11. The molecule has 2 atom stereocenters. The van der Waals surface area contributed by atoms with E-state index in [1.165, 1.54) is 0 Å². The molecule has 1 N–H and O–H groups in total. The van der Waals surface area contributed by atoms with Crippen LogP contribution in [0.3, 0.4) is 0 Å². The van der Waals surface area contributed by atoms with Gasteiger partial charge in [0.15, 0.2) is 5.17 Å². The van der Waals surface area contributed by atoms with E-state index in [1.807, 2.05) is 6.26 Å². The second-order valence-electron chi connectivity index (χ2n) is 2.31. The van der Waals surface area contributed by atoms with Crippen LogP contribution in [0.5, 0.6) is 0 Å². The van der Waals surface area contributed by atoms with E-state index in [2.05, 4.69) is 24.2 Å². The molecule has 0 aromatic heterocycles. The van der Waals surface area contributed by atoms with E-state index in [0.29, 0.717) is 12.1 Å². The molecule has 0 spiro atoms. The number of rotatable bonds is 0. The number of amidine groups is 1. The zero-order valence-electron chi connectivity index (χ0n) is 6.42. The lowest BCUT2D eigenvalue weighted by Gasteiger charge is -2.06. The number of hydrogen-bond donors (Lipinski definition) is 1. The third kappa shape index (κ3) is 2.30. The van der Waals surface area contributed by atoms with Gasteiger partial charge >= 0.3 is 0 Å². The predicted octanol–water partition coefficient (Wildman–Crippen LogP) is 1.70. The van der Waals surface area contributed by atoms with Crippen LogP contribution >= 0.6 is 35.7 Å². The lowest BCUT2D eigenvalue weighted by Crippen LogP contribution is -2.28. The fourth-order valence-electron chi connectivity index (χ4n) is 0.761. The van der Waals surface area contributed by atoms with Gasteiger partial charge in [0, 0.05) is 6.04 Å². The van der Waals surface area contributed by atoms with Crippen LogP contribution in [0.1, 0.15) is 13.8 Å². The smallest absolute Gasteiger partial charge is 0.156 e. The van der Waals surface area contributed by atoms with Crippen molar-refractivity contribution in [2.45, 2.75) is 25.9 Å². The van der Waals surface area contributed by atoms with E-state index in [4.69, 9.17) is 0 Å². The number of halogens is 1. The molecule has 1 heterocycles. The largest absolute Gasteiger partial charge is 0.360 e. The summed E-state index contributed by atoms with van der Waals surface area (Å²) < 4.78 is 0. The third-order valence-electron chi connectivity index (χ3n) is 1.59. The van der Waals surface area contributed by atoms with Crippen molar-refractivity contribution in [3.63, 3.8) is 0 Å². The van der Waals surface area contributed by atoms with Crippen molar-refractivity contribution in [3.05, 3.63) is 0 Å². The van der Waals surface area contributed by atoms with Gasteiger partial charge in [-0.15, -0.1) is 24.0 Å². The molecule has 2 nitrogen and oxygen atoms in total. The molecule has 1 rings (SSSR count). The van der Waals surface area contributed by atoms with E-state index in [0.717, 1.165) is 5.17 Å². The van der Waals surface area contributed by atoms with E-state index in [-0.39, 0.29) is 24.0 Å². The van der Waals surface area contributed by atoms with Crippen molar-refractivity contribution in [1.29, 1.82) is 0 Å². The monoisotopic (exact) mass is 272 g/mol. The Morgan fingerprint density at radius 1 is 1.50 bits per heavy atom. The summed E-state index contributed by atoms with van der Waals surface area (Å²) in [4.78, 5) is 4.36. The van der Waals surface area contributed by atoms with Crippen molar-refractivity contribution >= 4 is 40.9 Å². The first kappa shape index (κ1) is 10.6. The molecule has 4 heteroatoms. The molecule has 10 heavy (non-hydrogen) atoms. The molecule has 0 aliphatic carbocycles. The fraction of sp³-hybridized carbons (Fsp3) is 0.833. The predicted molar refractivity (Wildman–Crippen MR) is 58.4 cm³/mol. The summed E-state index contributed by atoms with van der Waals surface area (Å²) in [7, 11) is 0. The van der Waals surface area contributed by atoms with Gasteiger partial charge < -0.3 is 5.32 Å². The number of nitrogens with zero attached hydrogens (tertiary/aromatic N) is 1. The normalized spacial score (nSPS) is 30.5. The first-order valence-corrected chi connectivity index (χ1v) is 4.35. The van der Waals surface area contributed by atoms with Crippen LogP contribution in [0.4, 0.5) is 0 Å². The van der Waals surface area contributed by atoms with Crippen molar-refractivity contribution in [2.75, 3.05) is 6.26 Å². The summed E-state index contributed by atoms with van der Waals surface area (Å²) in [5.74, 6) is 0. The van der Waals surface area contributed by atoms with E-state index in [1.54, 1.807) is 11.8 Å². The molecule has 0 amide bonds. The van der Waals surface area contributed by atoms with Crippen LogP contribution in [0.25, 0.3) is 0 Å². The van der Waals surface area contributed by atoms with Crippen LogP contribution in [-0.2, 0) is 0 Å². The molecule has 0 aromatic rings. The van der Waals surface area contributed by atoms with Gasteiger partial charge in [-0.3, -0.25) is 4.99 Å². The van der Waals surface area contributed by atoms with E-state index < -0.39 is 0 Å². The molecule has 0 radical (unpaired) electrons. The van der Waals surface area contributed by atoms with Gasteiger partial charge in [0.1, 0.15) is 0 Å².